The predicted octanol–water partition coefficient (Wildman–Crippen LogP) is 2.50. The molecule has 0 aromatic heterocycles. The zero-order valence-electron chi connectivity index (χ0n) is 12.1. The van der Waals surface area contributed by atoms with Crippen molar-refractivity contribution >= 4 is 0 Å². The van der Waals surface area contributed by atoms with E-state index < -0.39 is 0 Å². The Morgan fingerprint density at radius 3 is 2.70 bits per heavy atom. The first-order valence-corrected chi connectivity index (χ1v) is 7.49. The summed E-state index contributed by atoms with van der Waals surface area (Å²) >= 11 is 0. The minimum Gasteiger partial charge on any atom is -0.494 e. The molecule has 2 rings (SSSR count). The maximum absolute atomic E-state index is 5.65. The van der Waals surface area contributed by atoms with E-state index in [2.05, 4.69) is 0 Å². The number of nitrogens with two attached hydrogens (primary N) is 1. The van der Waals surface area contributed by atoms with E-state index in [0.717, 1.165) is 37.4 Å². The monoisotopic (exact) mass is 279 g/mol. The van der Waals surface area contributed by atoms with Gasteiger partial charge in [-0.2, -0.15) is 0 Å². The van der Waals surface area contributed by atoms with Gasteiger partial charge in [-0.15, -0.1) is 0 Å². The number of hydrogen-bond donors (Lipinski definition) is 1. The van der Waals surface area contributed by atoms with Crippen molar-refractivity contribution in [2.45, 2.75) is 38.3 Å². The summed E-state index contributed by atoms with van der Waals surface area (Å²) in [5.41, 5.74) is 6.67. The Kier molecular flexibility index (Phi) is 6.84. The van der Waals surface area contributed by atoms with Crippen LogP contribution in [0.3, 0.4) is 0 Å². The first-order chi connectivity index (χ1) is 9.88. The van der Waals surface area contributed by atoms with E-state index >= 15 is 0 Å². The summed E-state index contributed by atoms with van der Waals surface area (Å²) in [6.07, 6.45) is 4.77. The summed E-state index contributed by atoms with van der Waals surface area (Å²) in [6, 6.07) is 7.90. The fourth-order valence-electron chi connectivity index (χ4n) is 2.23. The Hall–Kier alpha value is -1.10. The first-order valence-electron chi connectivity index (χ1n) is 7.49. The Morgan fingerprint density at radius 2 is 2.00 bits per heavy atom. The standard InChI is InChI=1S/C16H25NO3/c17-12-14-5-7-15(8-6-14)19-11-3-9-18-13-16-4-1-2-10-20-16/h5-8,16H,1-4,9-13,17H2. The van der Waals surface area contributed by atoms with Gasteiger partial charge in [0.1, 0.15) is 5.75 Å². The molecule has 0 saturated carbocycles. The maximum atomic E-state index is 5.65. The molecule has 1 aromatic carbocycles. The highest BCUT2D eigenvalue weighted by Gasteiger charge is 2.13. The number of ether oxygens (including phenoxy) is 3. The van der Waals surface area contributed by atoms with Crippen LogP contribution < -0.4 is 10.5 Å². The summed E-state index contributed by atoms with van der Waals surface area (Å²) < 4.78 is 16.9. The Balaban J connectivity index is 1.50. The molecule has 0 bridgehead atoms. The van der Waals surface area contributed by atoms with Gasteiger partial charge >= 0.3 is 0 Å². The van der Waals surface area contributed by atoms with Gasteiger partial charge in [0.25, 0.3) is 0 Å². The topological polar surface area (TPSA) is 53.7 Å². The molecular formula is C16H25NO3. The summed E-state index contributed by atoms with van der Waals surface area (Å²) in [6.45, 7) is 3.56. The van der Waals surface area contributed by atoms with Gasteiger partial charge in [-0.05, 0) is 37.0 Å². The van der Waals surface area contributed by atoms with E-state index in [1.54, 1.807) is 0 Å². The molecule has 112 valence electrons. The zero-order valence-corrected chi connectivity index (χ0v) is 12.1. The number of rotatable bonds is 8. The lowest BCUT2D eigenvalue weighted by molar-refractivity contribution is -0.0419. The second-order valence-electron chi connectivity index (χ2n) is 5.11. The quantitative estimate of drug-likeness (QED) is 0.743. The normalized spacial score (nSPS) is 18.9. The van der Waals surface area contributed by atoms with Gasteiger partial charge in [-0.3, -0.25) is 0 Å². The molecule has 4 heteroatoms. The molecule has 1 fully saturated rings. The van der Waals surface area contributed by atoms with Crippen LogP contribution in [0.15, 0.2) is 24.3 Å². The smallest absolute Gasteiger partial charge is 0.119 e. The number of hydrogen-bond acceptors (Lipinski definition) is 4. The third-order valence-corrected chi connectivity index (χ3v) is 3.44. The SMILES string of the molecule is NCc1ccc(OCCCOCC2CCCCO2)cc1. The highest BCUT2D eigenvalue weighted by atomic mass is 16.5. The molecule has 1 atom stereocenters. The van der Waals surface area contributed by atoms with E-state index in [1.807, 2.05) is 24.3 Å². The molecule has 1 aromatic rings. The predicted molar refractivity (Wildman–Crippen MR) is 78.9 cm³/mol. The van der Waals surface area contributed by atoms with Gasteiger partial charge in [0.15, 0.2) is 0 Å². The van der Waals surface area contributed by atoms with Crippen molar-refractivity contribution in [3.05, 3.63) is 29.8 Å². The third kappa shape index (κ3) is 5.49. The van der Waals surface area contributed by atoms with Crippen molar-refractivity contribution < 1.29 is 14.2 Å². The van der Waals surface area contributed by atoms with Gasteiger partial charge in [0.2, 0.25) is 0 Å². The molecule has 0 spiro atoms. The van der Waals surface area contributed by atoms with Crippen molar-refractivity contribution in [3.63, 3.8) is 0 Å². The van der Waals surface area contributed by atoms with Crippen LogP contribution in [0.4, 0.5) is 0 Å². The molecule has 1 unspecified atom stereocenters. The van der Waals surface area contributed by atoms with Crippen molar-refractivity contribution in [1.82, 2.24) is 0 Å². The Bertz CT molecular complexity index is 360. The van der Waals surface area contributed by atoms with Gasteiger partial charge in [0.05, 0.1) is 19.3 Å². The highest BCUT2D eigenvalue weighted by Crippen LogP contribution is 2.13. The van der Waals surface area contributed by atoms with Gasteiger partial charge < -0.3 is 19.9 Å². The van der Waals surface area contributed by atoms with Crippen LogP contribution in [0.1, 0.15) is 31.2 Å². The Morgan fingerprint density at radius 1 is 1.15 bits per heavy atom. The van der Waals surface area contributed by atoms with Crippen LogP contribution in [0.25, 0.3) is 0 Å². The largest absolute Gasteiger partial charge is 0.494 e. The lowest BCUT2D eigenvalue weighted by Gasteiger charge is -2.22. The average Bonchev–Trinajstić information content (AvgIpc) is 2.52. The van der Waals surface area contributed by atoms with E-state index in [9.17, 15) is 0 Å². The average molecular weight is 279 g/mol. The molecule has 0 radical (unpaired) electrons. The maximum Gasteiger partial charge on any atom is 0.119 e. The molecule has 1 saturated heterocycles. The third-order valence-electron chi connectivity index (χ3n) is 3.44. The minimum atomic E-state index is 0.300. The first kappa shape index (κ1) is 15.3. The second kappa shape index (κ2) is 8.95. The molecule has 1 aliphatic rings. The molecule has 1 heterocycles. The fourth-order valence-corrected chi connectivity index (χ4v) is 2.23. The number of benzene rings is 1. The lowest BCUT2D eigenvalue weighted by atomic mass is 10.1. The zero-order chi connectivity index (χ0) is 14.0. The van der Waals surface area contributed by atoms with Crippen molar-refractivity contribution in [3.8, 4) is 5.75 Å². The Labute approximate surface area is 121 Å². The molecule has 1 aliphatic heterocycles. The summed E-state index contributed by atoms with van der Waals surface area (Å²) in [7, 11) is 0. The fraction of sp³-hybridized carbons (Fsp3) is 0.625. The van der Waals surface area contributed by atoms with Crippen LogP contribution in [0.2, 0.25) is 0 Å². The molecular weight excluding hydrogens is 254 g/mol. The van der Waals surface area contributed by atoms with Crippen molar-refractivity contribution in [1.29, 1.82) is 0 Å². The lowest BCUT2D eigenvalue weighted by Crippen LogP contribution is -2.24. The second-order valence-corrected chi connectivity index (χ2v) is 5.11. The molecule has 0 amide bonds. The summed E-state index contributed by atoms with van der Waals surface area (Å²) in [4.78, 5) is 0. The molecule has 4 nitrogen and oxygen atoms in total. The highest BCUT2D eigenvalue weighted by molar-refractivity contribution is 5.26. The van der Waals surface area contributed by atoms with E-state index in [1.165, 1.54) is 12.8 Å². The minimum absolute atomic E-state index is 0.300. The van der Waals surface area contributed by atoms with Crippen LogP contribution in [0, 0.1) is 0 Å². The van der Waals surface area contributed by atoms with Crippen LogP contribution in [-0.4, -0.2) is 32.5 Å². The van der Waals surface area contributed by atoms with Crippen molar-refractivity contribution in [2.75, 3.05) is 26.4 Å². The van der Waals surface area contributed by atoms with Gasteiger partial charge in [-0.25, -0.2) is 0 Å². The van der Waals surface area contributed by atoms with Crippen LogP contribution >= 0.6 is 0 Å². The van der Waals surface area contributed by atoms with Crippen LogP contribution in [0.5, 0.6) is 5.75 Å². The van der Waals surface area contributed by atoms with Gasteiger partial charge in [-0.1, -0.05) is 12.1 Å². The van der Waals surface area contributed by atoms with E-state index in [-0.39, 0.29) is 0 Å². The van der Waals surface area contributed by atoms with Crippen LogP contribution in [-0.2, 0) is 16.0 Å². The molecule has 20 heavy (non-hydrogen) atoms. The van der Waals surface area contributed by atoms with Crippen molar-refractivity contribution in [2.24, 2.45) is 5.73 Å². The summed E-state index contributed by atoms with van der Waals surface area (Å²) in [5, 5.41) is 0. The van der Waals surface area contributed by atoms with E-state index in [0.29, 0.717) is 25.9 Å². The summed E-state index contributed by atoms with van der Waals surface area (Å²) in [5.74, 6) is 0.887. The molecule has 0 aliphatic carbocycles. The van der Waals surface area contributed by atoms with E-state index in [4.69, 9.17) is 19.9 Å². The molecule has 2 N–H and O–H groups in total. The van der Waals surface area contributed by atoms with Gasteiger partial charge in [0, 0.05) is 26.2 Å².